The highest BCUT2D eigenvalue weighted by molar-refractivity contribution is 5.76. The molecule has 3 heteroatoms. The molecule has 0 aromatic carbocycles. The molecule has 0 atom stereocenters. The smallest absolute Gasteiger partial charge is 0.166 e. The van der Waals surface area contributed by atoms with Crippen molar-refractivity contribution >= 4 is 6.29 Å². The van der Waals surface area contributed by atoms with Gasteiger partial charge in [-0.05, 0) is 24.3 Å². The molecular formula is C11H10N2O. The van der Waals surface area contributed by atoms with E-state index < -0.39 is 0 Å². The van der Waals surface area contributed by atoms with Gasteiger partial charge in [-0.15, -0.1) is 0 Å². The fourth-order valence-corrected chi connectivity index (χ4v) is 1.45. The Bertz CT molecular complexity index is 446. The third-order valence-electron chi connectivity index (χ3n) is 2.24. The molecule has 0 aliphatic carbocycles. The lowest BCUT2D eigenvalue weighted by Gasteiger charge is -2.03. The van der Waals surface area contributed by atoms with Gasteiger partial charge in [0.25, 0.3) is 0 Å². The second-order valence-corrected chi connectivity index (χ2v) is 3.06. The number of nitrogens with zero attached hydrogens (tertiary/aromatic N) is 2. The topological polar surface area (TPSA) is 34.9 Å². The van der Waals surface area contributed by atoms with Crippen molar-refractivity contribution in [3.63, 3.8) is 0 Å². The van der Waals surface area contributed by atoms with E-state index in [4.69, 9.17) is 0 Å². The van der Waals surface area contributed by atoms with Gasteiger partial charge >= 0.3 is 0 Å². The molecule has 0 bridgehead atoms. The van der Waals surface area contributed by atoms with Crippen LogP contribution >= 0.6 is 0 Å². The Labute approximate surface area is 82.0 Å². The Balaban J connectivity index is 2.53. The third kappa shape index (κ3) is 1.33. The van der Waals surface area contributed by atoms with E-state index >= 15 is 0 Å². The largest absolute Gasteiger partial charge is 0.341 e. The summed E-state index contributed by atoms with van der Waals surface area (Å²) in [5.74, 6) is 0. The van der Waals surface area contributed by atoms with Gasteiger partial charge in [0, 0.05) is 30.7 Å². The first-order valence-corrected chi connectivity index (χ1v) is 4.34. The van der Waals surface area contributed by atoms with Gasteiger partial charge in [-0.2, -0.15) is 0 Å². The zero-order valence-corrected chi connectivity index (χ0v) is 7.84. The van der Waals surface area contributed by atoms with E-state index in [2.05, 4.69) is 4.98 Å². The summed E-state index contributed by atoms with van der Waals surface area (Å²) in [6.45, 7) is 0. The average Bonchev–Trinajstić information content (AvgIpc) is 2.61. The summed E-state index contributed by atoms with van der Waals surface area (Å²) in [6.07, 6.45) is 4.36. The van der Waals surface area contributed by atoms with Crippen molar-refractivity contribution in [1.29, 1.82) is 0 Å². The van der Waals surface area contributed by atoms with E-state index in [1.165, 1.54) is 0 Å². The fraction of sp³-hybridized carbons (Fsp3) is 0.0909. The van der Waals surface area contributed by atoms with Crippen LogP contribution in [0.4, 0.5) is 0 Å². The predicted octanol–water partition coefficient (Wildman–Crippen LogP) is 1.90. The maximum absolute atomic E-state index is 10.6. The second-order valence-electron chi connectivity index (χ2n) is 3.06. The molecule has 70 valence electrons. The van der Waals surface area contributed by atoms with Crippen LogP contribution in [-0.4, -0.2) is 15.8 Å². The van der Waals surface area contributed by atoms with Gasteiger partial charge in [0.1, 0.15) is 0 Å². The van der Waals surface area contributed by atoms with E-state index in [1.54, 1.807) is 18.5 Å². The monoisotopic (exact) mass is 186 g/mol. The summed E-state index contributed by atoms with van der Waals surface area (Å²) in [6, 6.07) is 7.57. The first-order chi connectivity index (χ1) is 6.83. The van der Waals surface area contributed by atoms with Crippen molar-refractivity contribution in [2.45, 2.75) is 0 Å². The van der Waals surface area contributed by atoms with Crippen LogP contribution in [0.25, 0.3) is 11.3 Å². The first-order valence-electron chi connectivity index (χ1n) is 4.34. The summed E-state index contributed by atoms with van der Waals surface area (Å²) < 4.78 is 1.85. The maximum atomic E-state index is 10.6. The molecule has 2 aromatic rings. The molecule has 2 heterocycles. The summed E-state index contributed by atoms with van der Waals surface area (Å²) in [5, 5.41) is 0. The van der Waals surface area contributed by atoms with E-state index in [1.807, 2.05) is 29.8 Å². The highest BCUT2D eigenvalue weighted by Gasteiger charge is 2.04. The molecule has 0 aliphatic heterocycles. The summed E-state index contributed by atoms with van der Waals surface area (Å²) in [4.78, 5) is 14.7. The number of hydrogen-bond donors (Lipinski definition) is 0. The Hall–Kier alpha value is -1.90. The SMILES string of the molecule is Cn1c(C=O)ccc1-c1cccnc1. The molecule has 0 unspecified atom stereocenters. The Morgan fingerprint density at radius 3 is 2.79 bits per heavy atom. The van der Waals surface area contributed by atoms with Crippen molar-refractivity contribution in [3.05, 3.63) is 42.4 Å². The summed E-state index contributed by atoms with van der Waals surface area (Å²) >= 11 is 0. The van der Waals surface area contributed by atoms with E-state index in [0.717, 1.165) is 17.5 Å². The van der Waals surface area contributed by atoms with E-state index in [0.29, 0.717) is 5.69 Å². The molecule has 0 spiro atoms. The van der Waals surface area contributed by atoms with Crippen LogP contribution in [0.1, 0.15) is 10.5 Å². The van der Waals surface area contributed by atoms with E-state index in [-0.39, 0.29) is 0 Å². The normalized spacial score (nSPS) is 10.1. The minimum atomic E-state index is 0.670. The van der Waals surface area contributed by atoms with Gasteiger partial charge in [-0.25, -0.2) is 0 Å². The summed E-state index contributed by atoms with van der Waals surface area (Å²) in [7, 11) is 1.87. The molecule has 0 aliphatic rings. The molecular weight excluding hydrogens is 176 g/mol. The molecule has 14 heavy (non-hydrogen) atoms. The predicted molar refractivity (Wildman–Crippen MR) is 54.0 cm³/mol. The van der Waals surface area contributed by atoms with Crippen molar-refractivity contribution in [1.82, 2.24) is 9.55 Å². The molecule has 3 nitrogen and oxygen atoms in total. The van der Waals surface area contributed by atoms with Gasteiger partial charge in [0.15, 0.2) is 6.29 Å². The Kier molecular flexibility index (Phi) is 2.14. The quantitative estimate of drug-likeness (QED) is 0.671. The number of rotatable bonds is 2. The molecule has 2 aromatic heterocycles. The minimum Gasteiger partial charge on any atom is -0.341 e. The Morgan fingerprint density at radius 2 is 2.21 bits per heavy atom. The average molecular weight is 186 g/mol. The van der Waals surface area contributed by atoms with Gasteiger partial charge in [-0.3, -0.25) is 9.78 Å². The standard InChI is InChI=1S/C11H10N2O/c1-13-10(8-14)4-5-11(13)9-3-2-6-12-7-9/h2-8H,1H3. The van der Waals surface area contributed by atoms with Gasteiger partial charge in [-0.1, -0.05) is 0 Å². The van der Waals surface area contributed by atoms with Crippen LogP contribution in [0.5, 0.6) is 0 Å². The summed E-state index contributed by atoms with van der Waals surface area (Å²) in [5.41, 5.74) is 2.69. The lowest BCUT2D eigenvalue weighted by Crippen LogP contribution is -1.96. The number of aldehydes is 1. The zero-order valence-electron chi connectivity index (χ0n) is 7.84. The van der Waals surface area contributed by atoms with Crippen LogP contribution in [0.3, 0.4) is 0 Å². The van der Waals surface area contributed by atoms with Crippen molar-refractivity contribution in [2.75, 3.05) is 0 Å². The third-order valence-corrected chi connectivity index (χ3v) is 2.24. The lowest BCUT2D eigenvalue weighted by atomic mass is 10.2. The molecule has 0 fully saturated rings. The van der Waals surface area contributed by atoms with Gasteiger partial charge in [0.05, 0.1) is 5.69 Å². The molecule has 0 saturated carbocycles. The highest BCUT2D eigenvalue weighted by Crippen LogP contribution is 2.19. The second kappa shape index (κ2) is 3.46. The minimum absolute atomic E-state index is 0.670. The maximum Gasteiger partial charge on any atom is 0.166 e. The molecule has 0 saturated heterocycles. The van der Waals surface area contributed by atoms with E-state index in [9.17, 15) is 4.79 Å². The van der Waals surface area contributed by atoms with Crippen LogP contribution in [0.2, 0.25) is 0 Å². The molecule has 0 radical (unpaired) electrons. The number of pyridine rings is 1. The Morgan fingerprint density at radius 1 is 1.36 bits per heavy atom. The van der Waals surface area contributed by atoms with Crippen LogP contribution in [-0.2, 0) is 7.05 Å². The van der Waals surface area contributed by atoms with Crippen LogP contribution in [0.15, 0.2) is 36.7 Å². The van der Waals surface area contributed by atoms with Crippen molar-refractivity contribution in [3.8, 4) is 11.3 Å². The van der Waals surface area contributed by atoms with Gasteiger partial charge in [0.2, 0.25) is 0 Å². The molecule has 0 amide bonds. The van der Waals surface area contributed by atoms with Crippen LogP contribution in [0, 0.1) is 0 Å². The van der Waals surface area contributed by atoms with Gasteiger partial charge < -0.3 is 4.57 Å². The van der Waals surface area contributed by atoms with Crippen LogP contribution < -0.4 is 0 Å². The van der Waals surface area contributed by atoms with Crippen molar-refractivity contribution < 1.29 is 4.79 Å². The number of aromatic nitrogens is 2. The fourth-order valence-electron chi connectivity index (χ4n) is 1.45. The molecule has 0 N–H and O–H groups in total. The molecule has 2 rings (SSSR count). The van der Waals surface area contributed by atoms with Crippen molar-refractivity contribution in [2.24, 2.45) is 7.05 Å². The number of carbonyl (C=O) groups is 1. The highest BCUT2D eigenvalue weighted by atomic mass is 16.1. The lowest BCUT2D eigenvalue weighted by molar-refractivity contribution is 0.111. The number of carbonyl (C=O) groups excluding carboxylic acids is 1. The number of hydrogen-bond acceptors (Lipinski definition) is 2. The zero-order chi connectivity index (χ0) is 9.97. The first kappa shape index (κ1) is 8.69.